The molecule has 23 heavy (non-hydrogen) atoms. The van der Waals surface area contributed by atoms with Crippen LogP contribution in [0.3, 0.4) is 0 Å². The fraction of sp³-hybridized carbons (Fsp3) is 0.0625. The lowest BCUT2D eigenvalue weighted by molar-refractivity contribution is 0.107. The maximum atomic E-state index is 12.5. The smallest absolute Gasteiger partial charge is 0.274 e. The van der Waals surface area contributed by atoms with E-state index in [4.69, 9.17) is 0 Å². The topological polar surface area (TPSA) is 100 Å². The number of rotatable bonds is 2. The summed E-state index contributed by atoms with van der Waals surface area (Å²) in [5.41, 5.74) is 4.19. The number of Topliss-reactive ketones (excluding diaryl/α,β-unsaturated/α-hetero) is 1. The van der Waals surface area contributed by atoms with E-state index in [1.54, 1.807) is 13.0 Å². The van der Waals surface area contributed by atoms with E-state index in [-0.39, 0.29) is 23.0 Å². The first-order valence-corrected chi connectivity index (χ1v) is 6.99. The molecule has 0 amide bonds. The van der Waals surface area contributed by atoms with Gasteiger partial charge in [0.05, 0.1) is 0 Å². The van der Waals surface area contributed by atoms with Gasteiger partial charge in [0, 0.05) is 16.5 Å². The molecule has 7 heteroatoms. The van der Waals surface area contributed by atoms with Crippen LogP contribution in [0.4, 0.5) is 5.95 Å². The van der Waals surface area contributed by atoms with Crippen LogP contribution >= 0.6 is 0 Å². The summed E-state index contributed by atoms with van der Waals surface area (Å²) in [6.45, 7) is 1.55. The van der Waals surface area contributed by atoms with E-state index in [9.17, 15) is 9.59 Å². The number of nitrogens with one attached hydrogen (secondary N) is 2. The summed E-state index contributed by atoms with van der Waals surface area (Å²) in [6, 6.07) is 11.3. The summed E-state index contributed by atoms with van der Waals surface area (Å²) in [4.78, 5) is 26.6. The van der Waals surface area contributed by atoms with Gasteiger partial charge < -0.3 is 0 Å². The molecule has 0 saturated heterocycles. The lowest BCUT2D eigenvalue weighted by Crippen LogP contribution is -2.17. The zero-order valence-electron chi connectivity index (χ0n) is 12.1. The van der Waals surface area contributed by atoms with Gasteiger partial charge in [-0.3, -0.25) is 14.6 Å². The predicted octanol–water partition coefficient (Wildman–Crippen LogP) is 1.64. The number of nitrogens with zero attached hydrogens (tertiary/aromatic N) is 3. The van der Waals surface area contributed by atoms with Crippen LogP contribution in [0, 0.1) is 6.92 Å². The van der Waals surface area contributed by atoms with E-state index in [0.717, 1.165) is 16.3 Å². The Balaban J connectivity index is 1.79. The van der Waals surface area contributed by atoms with Crippen LogP contribution in [0.5, 0.6) is 0 Å². The van der Waals surface area contributed by atoms with Gasteiger partial charge in [0.1, 0.15) is 11.4 Å². The van der Waals surface area contributed by atoms with E-state index in [0.29, 0.717) is 11.3 Å². The fourth-order valence-corrected chi connectivity index (χ4v) is 2.64. The average Bonchev–Trinajstić information content (AvgIpc) is 2.84. The molecule has 1 aromatic heterocycles. The average molecular weight is 305 g/mol. The molecule has 2 N–H and O–H groups in total. The highest BCUT2D eigenvalue weighted by Gasteiger charge is 2.28. The molecule has 0 radical (unpaired) electrons. The normalized spacial score (nSPS) is 14.7. The first kappa shape index (κ1) is 13.3. The molecule has 1 aliphatic rings. The third kappa shape index (κ3) is 2.02. The molecular formula is C16H11N5O2. The van der Waals surface area contributed by atoms with Crippen LogP contribution in [-0.2, 0) is 0 Å². The van der Waals surface area contributed by atoms with E-state index in [2.05, 4.69) is 25.7 Å². The number of aromatic nitrogens is 3. The van der Waals surface area contributed by atoms with Gasteiger partial charge in [0.2, 0.25) is 11.7 Å². The standard InChI is InChI=1S/C16H11N5O2/c1-8-15(23)17-16(20-18-8)21-19-13-10-6-2-4-9-5-3-7-11(12(9)10)14(13)22/h2-7H,1H3,(H2,17,20,21,23)/b19-13-. The maximum Gasteiger partial charge on any atom is 0.274 e. The molecule has 0 unspecified atom stereocenters. The van der Waals surface area contributed by atoms with Crippen molar-refractivity contribution >= 4 is 28.2 Å². The number of ketones is 1. The zero-order valence-corrected chi connectivity index (χ0v) is 12.1. The highest BCUT2D eigenvalue weighted by atomic mass is 16.1. The molecule has 0 atom stereocenters. The van der Waals surface area contributed by atoms with Crippen molar-refractivity contribution in [1.82, 2.24) is 15.2 Å². The van der Waals surface area contributed by atoms with Gasteiger partial charge in [0.15, 0.2) is 0 Å². The van der Waals surface area contributed by atoms with Gasteiger partial charge in [-0.05, 0) is 12.3 Å². The van der Waals surface area contributed by atoms with Crippen LogP contribution in [0.1, 0.15) is 21.6 Å². The van der Waals surface area contributed by atoms with Crippen LogP contribution in [0.25, 0.3) is 10.8 Å². The molecule has 0 bridgehead atoms. The number of aromatic amines is 1. The molecule has 1 aliphatic carbocycles. The summed E-state index contributed by atoms with van der Waals surface area (Å²) >= 11 is 0. The largest absolute Gasteiger partial charge is 0.288 e. The van der Waals surface area contributed by atoms with Gasteiger partial charge >= 0.3 is 0 Å². The van der Waals surface area contributed by atoms with Crippen molar-refractivity contribution in [3.63, 3.8) is 0 Å². The van der Waals surface area contributed by atoms with E-state index < -0.39 is 0 Å². The number of benzene rings is 2. The number of anilines is 1. The predicted molar refractivity (Wildman–Crippen MR) is 85.8 cm³/mol. The first-order chi connectivity index (χ1) is 11.1. The lowest BCUT2D eigenvalue weighted by Gasteiger charge is -2.01. The molecular weight excluding hydrogens is 294 g/mol. The number of hydrazone groups is 1. The number of aryl methyl sites for hydroxylation is 1. The number of carbonyl (C=O) groups excluding carboxylic acids is 1. The Labute approximate surface area is 130 Å². The second-order valence-electron chi connectivity index (χ2n) is 5.20. The Morgan fingerprint density at radius 3 is 2.52 bits per heavy atom. The summed E-state index contributed by atoms with van der Waals surface area (Å²) < 4.78 is 0. The number of H-pyrrole nitrogens is 1. The van der Waals surface area contributed by atoms with Crippen molar-refractivity contribution in [2.24, 2.45) is 5.10 Å². The zero-order chi connectivity index (χ0) is 16.0. The SMILES string of the molecule is Cc1nnc(N/N=C2\C(=O)c3cccc4cccc2c34)[nH]c1=O. The molecule has 4 rings (SSSR count). The van der Waals surface area contributed by atoms with E-state index >= 15 is 0 Å². The van der Waals surface area contributed by atoms with Crippen molar-refractivity contribution < 1.29 is 4.79 Å². The van der Waals surface area contributed by atoms with Gasteiger partial charge in [-0.15, -0.1) is 10.2 Å². The van der Waals surface area contributed by atoms with Gasteiger partial charge in [-0.2, -0.15) is 5.10 Å². The molecule has 7 nitrogen and oxygen atoms in total. The Morgan fingerprint density at radius 2 is 1.78 bits per heavy atom. The monoisotopic (exact) mass is 305 g/mol. The molecule has 0 saturated carbocycles. The van der Waals surface area contributed by atoms with Crippen LogP contribution in [-0.4, -0.2) is 26.7 Å². The molecule has 0 aliphatic heterocycles. The maximum absolute atomic E-state index is 12.5. The van der Waals surface area contributed by atoms with Gasteiger partial charge in [0.25, 0.3) is 5.56 Å². The van der Waals surface area contributed by atoms with Crippen molar-refractivity contribution in [1.29, 1.82) is 0 Å². The molecule has 112 valence electrons. The number of carbonyl (C=O) groups is 1. The van der Waals surface area contributed by atoms with Crippen molar-refractivity contribution in [2.75, 3.05) is 5.43 Å². The van der Waals surface area contributed by atoms with Crippen molar-refractivity contribution in [3.8, 4) is 0 Å². The minimum atomic E-state index is -0.356. The summed E-state index contributed by atoms with van der Waals surface area (Å²) in [5.74, 6) is -0.0734. The highest BCUT2D eigenvalue weighted by Crippen LogP contribution is 2.30. The van der Waals surface area contributed by atoms with Crippen LogP contribution in [0.2, 0.25) is 0 Å². The quantitative estimate of drug-likeness (QED) is 0.701. The minimum absolute atomic E-state index is 0.0871. The molecule has 0 fully saturated rings. The molecule has 2 aromatic carbocycles. The second kappa shape index (κ2) is 4.84. The molecule has 3 aromatic rings. The third-order valence-corrected chi connectivity index (χ3v) is 3.75. The van der Waals surface area contributed by atoms with Crippen molar-refractivity contribution in [3.05, 3.63) is 63.6 Å². The van der Waals surface area contributed by atoms with Crippen LogP contribution in [0.15, 0.2) is 46.3 Å². The highest BCUT2D eigenvalue weighted by molar-refractivity contribution is 6.59. The number of hydrogen-bond acceptors (Lipinski definition) is 6. The van der Waals surface area contributed by atoms with E-state index in [1.807, 2.05) is 30.3 Å². The number of hydrogen-bond donors (Lipinski definition) is 2. The Kier molecular flexibility index (Phi) is 2.80. The summed E-state index contributed by atoms with van der Waals surface area (Å²) in [6.07, 6.45) is 0. The van der Waals surface area contributed by atoms with Gasteiger partial charge in [-0.25, -0.2) is 5.43 Å². The summed E-state index contributed by atoms with van der Waals surface area (Å²) in [5, 5.41) is 13.5. The first-order valence-electron chi connectivity index (χ1n) is 6.99. The van der Waals surface area contributed by atoms with Gasteiger partial charge in [-0.1, -0.05) is 36.4 Å². The lowest BCUT2D eigenvalue weighted by atomic mass is 10.1. The Bertz CT molecular complexity index is 1050. The molecule has 0 spiro atoms. The summed E-state index contributed by atoms with van der Waals surface area (Å²) in [7, 11) is 0. The van der Waals surface area contributed by atoms with E-state index in [1.165, 1.54) is 0 Å². The minimum Gasteiger partial charge on any atom is -0.288 e. The Morgan fingerprint density at radius 1 is 1.04 bits per heavy atom. The second-order valence-corrected chi connectivity index (χ2v) is 5.20. The fourth-order valence-electron chi connectivity index (χ4n) is 2.64. The third-order valence-electron chi connectivity index (χ3n) is 3.75. The van der Waals surface area contributed by atoms with Crippen LogP contribution < -0.4 is 11.0 Å². The Hall–Kier alpha value is -3.35. The van der Waals surface area contributed by atoms with Crippen molar-refractivity contribution in [2.45, 2.75) is 6.92 Å². The molecule has 1 heterocycles.